The maximum absolute atomic E-state index is 9.61. The van der Waals surface area contributed by atoms with E-state index in [2.05, 4.69) is 25.9 Å². The van der Waals surface area contributed by atoms with Gasteiger partial charge in [0.2, 0.25) is 0 Å². The molecule has 2 rings (SSSR count). The van der Waals surface area contributed by atoms with Crippen molar-refractivity contribution in [2.45, 2.75) is 0 Å². The molecule has 0 bridgehead atoms. The van der Waals surface area contributed by atoms with Crippen molar-refractivity contribution in [3.05, 3.63) is 41.3 Å². The molecule has 0 saturated heterocycles. The molecule has 0 aliphatic rings. The van der Waals surface area contributed by atoms with E-state index in [1.807, 2.05) is 6.07 Å². The molecule has 1 heterocycles. The van der Waals surface area contributed by atoms with Crippen LogP contribution in [0.25, 0.3) is 11.3 Å². The molecular weight excluding hydrogens is 244 g/mol. The van der Waals surface area contributed by atoms with Crippen molar-refractivity contribution >= 4 is 15.9 Å². The fourth-order valence-electron chi connectivity index (χ4n) is 1.16. The van der Waals surface area contributed by atoms with Crippen LogP contribution in [0.15, 0.2) is 41.3 Å². The van der Waals surface area contributed by atoms with Gasteiger partial charge in [-0.25, -0.2) is 9.97 Å². The van der Waals surface area contributed by atoms with Crippen molar-refractivity contribution in [3.63, 3.8) is 0 Å². The summed E-state index contributed by atoms with van der Waals surface area (Å²) in [6.45, 7) is 0. The standard InChI is InChI=1S/C10H7BrN2O/c11-7-1-2-10(14)8(5-7)9-3-4-12-6-13-9/h1-6,14H. The van der Waals surface area contributed by atoms with E-state index in [9.17, 15) is 5.11 Å². The number of halogens is 1. The number of hydrogen-bond acceptors (Lipinski definition) is 3. The first-order valence-corrected chi connectivity index (χ1v) is 4.81. The van der Waals surface area contributed by atoms with Crippen LogP contribution in [-0.2, 0) is 0 Å². The van der Waals surface area contributed by atoms with E-state index in [-0.39, 0.29) is 5.75 Å². The normalized spacial score (nSPS) is 10.1. The molecule has 0 amide bonds. The van der Waals surface area contributed by atoms with Gasteiger partial charge in [0.15, 0.2) is 0 Å². The molecule has 3 nitrogen and oxygen atoms in total. The molecule has 0 saturated carbocycles. The number of benzene rings is 1. The SMILES string of the molecule is Oc1ccc(Br)cc1-c1ccncn1. The Kier molecular flexibility index (Phi) is 2.45. The molecule has 0 unspecified atom stereocenters. The Labute approximate surface area is 89.6 Å². The van der Waals surface area contributed by atoms with Gasteiger partial charge in [0.05, 0.1) is 5.69 Å². The van der Waals surface area contributed by atoms with Gasteiger partial charge in [-0.15, -0.1) is 0 Å². The molecule has 1 aromatic carbocycles. The third-order valence-corrected chi connectivity index (χ3v) is 2.31. The minimum atomic E-state index is 0.215. The van der Waals surface area contributed by atoms with Crippen LogP contribution in [0.2, 0.25) is 0 Å². The van der Waals surface area contributed by atoms with Gasteiger partial charge in [0, 0.05) is 16.2 Å². The number of phenols is 1. The molecule has 0 fully saturated rings. The summed E-state index contributed by atoms with van der Waals surface area (Å²) in [4.78, 5) is 7.88. The van der Waals surface area contributed by atoms with Crippen LogP contribution >= 0.6 is 15.9 Å². The largest absolute Gasteiger partial charge is 0.507 e. The molecule has 70 valence electrons. The Bertz CT molecular complexity index is 445. The summed E-state index contributed by atoms with van der Waals surface area (Å²) < 4.78 is 0.906. The van der Waals surface area contributed by atoms with E-state index in [1.165, 1.54) is 6.33 Å². The molecule has 0 radical (unpaired) electrons. The summed E-state index contributed by atoms with van der Waals surface area (Å²) in [5, 5.41) is 9.61. The molecule has 14 heavy (non-hydrogen) atoms. The van der Waals surface area contributed by atoms with E-state index in [0.717, 1.165) is 4.47 Å². The second-order valence-corrected chi connectivity index (χ2v) is 3.67. The Morgan fingerprint density at radius 3 is 2.79 bits per heavy atom. The van der Waals surface area contributed by atoms with Crippen molar-refractivity contribution in [2.24, 2.45) is 0 Å². The van der Waals surface area contributed by atoms with Crippen molar-refractivity contribution in [3.8, 4) is 17.0 Å². The van der Waals surface area contributed by atoms with E-state index in [0.29, 0.717) is 11.3 Å². The zero-order valence-electron chi connectivity index (χ0n) is 7.18. The zero-order chi connectivity index (χ0) is 9.97. The second-order valence-electron chi connectivity index (χ2n) is 2.76. The first-order valence-electron chi connectivity index (χ1n) is 4.02. The number of rotatable bonds is 1. The van der Waals surface area contributed by atoms with Crippen LogP contribution in [0.4, 0.5) is 0 Å². The summed E-state index contributed by atoms with van der Waals surface area (Å²) in [5.74, 6) is 0.215. The average molecular weight is 251 g/mol. The molecule has 4 heteroatoms. The van der Waals surface area contributed by atoms with Gasteiger partial charge in [-0.05, 0) is 24.3 Å². The lowest BCUT2D eigenvalue weighted by Gasteiger charge is -2.03. The summed E-state index contributed by atoms with van der Waals surface area (Å²) >= 11 is 3.34. The van der Waals surface area contributed by atoms with Crippen LogP contribution in [0, 0.1) is 0 Å². The van der Waals surface area contributed by atoms with Crippen LogP contribution in [0.1, 0.15) is 0 Å². The topological polar surface area (TPSA) is 46.0 Å². The van der Waals surface area contributed by atoms with Gasteiger partial charge in [0.25, 0.3) is 0 Å². The van der Waals surface area contributed by atoms with E-state index in [4.69, 9.17) is 0 Å². The van der Waals surface area contributed by atoms with Crippen LogP contribution in [0.5, 0.6) is 5.75 Å². The molecule has 1 aromatic heterocycles. The summed E-state index contributed by atoms with van der Waals surface area (Å²) in [6, 6.07) is 6.97. The summed E-state index contributed by atoms with van der Waals surface area (Å²) in [5.41, 5.74) is 1.40. The molecule has 1 N–H and O–H groups in total. The van der Waals surface area contributed by atoms with Gasteiger partial charge >= 0.3 is 0 Å². The highest BCUT2D eigenvalue weighted by molar-refractivity contribution is 9.10. The molecule has 0 atom stereocenters. The third kappa shape index (κ3) is 1.75. The van der Waals surface area contributed by atoms with E-state index >= 15 is 0 Å². The third-order valence-electron chi connectivity index (χ3n) is 1.82. The van der Waals surface area contributed by atoms with Gasteiger partial charge in [-0.2, -0.15) is 0 Å². The highest BCUT2D eigenvalue weighted by Gasteiger charge is 2.05. The van der Waals surface area contributed by atoms with E-state index in [1.54, 1.807) is 24.4 Å². The molecule has 0 spiro atoms. The maximum atomic E-state index is 9.61. The maximum Gasteiger partial charge on any atom is 0.125 e. The Morgan fingerprint density at radius 1 is 1.21 bits per heavy atom. The van der Waals surface area contributed by atoms with Crippen LogP contribution < -0.4 is 0 Å². The predicted molar refractivity (Wildman–Crippen MR) is 56.8 cm³/mol. The number of hydrogen-bond donors (Lipinski definition) is 1. The lowest BCUT2D eigenvalue weighted by molar-refractivity contribution is 0.477. The highest BCUT2D eigenvalue weighted by atomic mass is 79.9. The lowest BCUT2D eigenvalue weighted by atomic mass is 10.1. The number of aromatic hydroxyl groups is 1. The van der Waals surface area contributed by atoms with Crippen LogP contribution in [-0.4, -0.2) is 15.1 Å². The Morgan fingerprint density at radius 2 is 2.07 bits per heavy atom. The minimum absolute atomic E-state index is 0.215. The van der Waals surface area contributed by atoms with Crippen molar-refractivity contribution in [1.82, 2.24) is 9.97 Å². The van der Waals surface area contributed by atoms with Crippen LogP contribution in [0.3, 0.4) is 0 Å². The second kappa shape index (κ2) is 3.75. The van der Waals surface area contributed by atoms with Crippen molar-refractivity contribution < 1.29 is 5.11 Å². The molecule has 0 aliphatic heterocycles. The zero-order valence-corrected chi connectivity index (χ0v) is 8.77. The van der Waals surface area contributed by atoms with Gasteiger partial charge in [-0.1, -0.05) is 15.9 Å². The smallest absolute Gasteiger partial charge is 0.125 e. The monoisotopic (exact) mass is 250 g/mol. The first kappa shape index (κ1) is 9.15. The van der Waals surface area contributed by atoms with Crippen molar-refractivity contribution in [1.29, 1.82) is 0 Å². The predicted octanol–water partition coefficient (Wildman–Crippen LogP) is 2.61. The van der Waals surface area contributed by atoms with Gasteiger partial charge < -0.3 is 5.11 Å². The summed E-state index contributed by atoms with van der Waals surface area (Å²) in [7, 11) is 0. The Hall–Kier alpha value is -1.42. The fraction of sp³-hybridized carbons (Fsp3) is 0. The molecule has 0 aliphatic carbocycles. The average Bonchev–Trinajstić information content (AvgIpc) is 2.23. The number of phenolic OH excluding ortho intramolecular Hbond substituents is 1. The lowest BCUT2D eigenvalue weighted by Crippen LogP contribution is -1.84. The Balaban J connectivity index is 2.57. The van der Waals surface area contributed by atoms with E-state index < -0.39 is 0 Å². The summed E-state index contributed by atoms with van der Waals surface area (Å²) in [6.07, 6.45) is 3.10. The quantitative estimate of drug-likeness (QED) is 0.847. The first-order chi connectivity index (χ1) is 6.77. The van der Waals surface area contributed by atoms with Gasteiger partial charge in [-0.3, -0.25) is 0 Å². The minimum Gasteiger partial charge on any atom is -0.507 e. The molecule has 2 aromatic rings. The highest BCUT2D eigenvalue weighted by Crippen LogP contribution is 2.29. The number of aromatic nitrogens is 2. The van der Waals surface area contributed by atoms with Gasteiger partial charge in [0.1, 0.15) is 12.1 Å². The fourth-order valence-corrected chi connectivity index (χ4v) is 1.52. The molecular formula is C10H7BrN2O. The number of nitrogens with zero attached hydrogens (tertiary/aromatic N) is 2. The van der Waals surface area contributed by atoms with Crippen molar-refractivity contribution in [2.75, 3.05) is 0 Å².